The van der Waals surface area contributed by atoms with Crippen LogP contribution in [0, 0.1) is 0 Å². The second kappa shape index (κ2) is 32.3. The maximum Gasteiger partial charge on any atom is 2.00 e. The smallest absolute Gasteiger partial charge is 0.744 e. The van der Waals surface area contributed by atoms with Gasteiger partial charge in [-0.2, -0.15) is 0 Å². The van der Waals surface area contributed by atoms with E-state index in [9.17, 15) is 25.9 Å². The molecule has 0 N–H and O–H groups in total. The molecule has 0 saturated carbocycles. The van der Waals surface area contributed by atoms with Crippen molar-refractivity contribution >= 4 is 58.0 Å². The van der Waals surface area contributed by atoms with Crippen LogP contribution in [-0.2, 0) is 33.1 Å². The van der Waals surface area contributed by atoms with Gasteiger partial charge in [0.25, 0.3) is 0 Å². The molecule has 332 valence electrons. The Morgan fingerprint density at radius 2 is 0.639 bits per heavy atom. The molecule has 0 heterocycles. The first kappa shape index (κ1) is 54.7. The molecule has 0 spiro atoms. The van der Waals surface area contributed by atoms with E-state index in [1.54, 1.807) is 12.1 Å². The van der Waals surface area contributed by atoms with Gasteiger partial charge in [0.15, 0.2) is 0 Å². The SMILES string of the molecule is CCCCCCCCCCCCCc1cccc(Oc2cccc(S(=O)(=O)[O-])c2)c1.CCCCCCCCCCCCCc1cccc(Oc2cccc(S(=O)(=O)[O-])c2)c1.[Ca+2]. The molecule has 4 aromatic rings. The number of aryl methyl sites for hydroxylation is 2. The molecule has 0 radical (unpaired) electrons. The number of benzene rings is 4. The second-order valence-electron chi connectivity index (χ2n) is 15.9. The molecule has 4 rings (SSSR count). The fraction of sp³-hybridized carbons (Fsp3) is 0.520. The molecule has 0 aliphatic heterocycles. The third-order valence-corrected chi connectivity index (χ3v) is 12.3. The first-order valence-electron chi connectivity index (χ1n) is 22.6. The van der Waals surface area contributed by atoms with E-state index in [0.717, 1.165) is 25.7 Å². The zero-order chi connectivity index (χ0) is 43.3. The Labute approximate surface area is 399 Å². The third-order valence-electron chi connectivity index (χ3n) is 10.6. The molecule has 0 unspecified atom stereocenters. The van der Waals surface area contributed by atoms with Crippen LogP contribution < -0.4 is 9.47 Å². The first-order chi connectivity index (χ1) is 29.0. The van der Waals surface area contributed by atoms with Gasteiger partial charge in [0, 0.05) is 0 Å². The minimum absolute atomic E-state index is 0. The molecule has 8 nitrogen and oxygen atoms in total. The van der Waals surface area contributed by atoms with Crippen molar-refractivity contribution in [2.75, 3.05) is 0 Å². The van der Waals surface area contributed by atoms with Crippen molar-refractivity contribution in [1.29, 1.82) is 0 Å². The van der Waals surface area contributed by atoms with Crippen LogP contribution in [0.2, 0.25) is 0 Å². The normalized spacial score (nSPS) is 11.3. The molecule has 0 saturated heterocycles. The van der Waals surface area contributed by atoms with Crippen LogP contribution in [0.3, 0.4) is 0 Å². The molecule has 0 aliphatic carbocycles. The van der Waals surface area contributed by atoms with Crippen LogP contribution in [0.15, 0.2) is 107 Å². The number of unbranched alkanes of at least 4 members (excludes halogenated alkanes) is 20. The van der Waals surface area contributed by atoms with Gasteiger partial charge in [0.2, 0.25) is 0 Å². The Kier molecular flexibility index (Phi) is 28.9. The summed E-state index contributed by atoms with van der Waals surface area (Å²) in [6.07, 6.45) is 31.2. The summed E-state index contributed by atoms with van der Waals surface area (Å²) in [6, 6.07) is 27.1. The van der Waals surface area contributed by atoms with Crippen LogP contribution in [0.4, 0.5) is 0 Å². The van der Waals surface area contributed by atoms with Crippen molar-refractivity contribution in [1.82, 2.24) is 0 Å². The Hall–Kier alpha value is -2.44. The van der Waals surface area contributed by atoms with Gasteiger partial charge in [-0.3, -0.25) is 0 Å². The average Bonchev–Trinajstić information content (AvgIpc) is 3.22. The van der Waals surface area contributed by atoms with Crippen LogP contribution in [0.5, 0.6) is 23.0 Å². The Morgan fingerprint density at radius 1 is 0.377 bits per heavy atom. The summed E-state index contributed by atoms with van der Waals surface area (Å²) in [4.78, 5) is -0.561. The monoisotopic (exact) mass is 902 g/mol. The fourth-order valence-corrected chi connectivity index (χ4v) is 8.19. The molecule has 0 atom stereocenters. The quantitative estimate of drug-likeness (QED) is 0.0287. The maximum absolute atomic E-state index is 11.2. The van der Waals surface area contributed by atoms with Gasteiger partial charge < -0.3 is 18.6 Å². The van der Waals surface area contributed by atoms with Gasteiger partial charge in [-0.1, -0.05) is 179 Å². The van der Waals surface area contributed by atoms with Crippen molar-refractivity contribution in [2.45, 2.75) is 178 Å². The zero-order valence-electron chi connectivity index (χ0n) is 37.0. The van der Waals surface area contributed by atoms with E-state index < -0.39 is 20.2 Å². The van der Waals surface area contributed by atoms with Gasteiger partial charge in [0.05, 0.1) is 9.79 Å². The molecule has 0 fully saturated rings. The van der Waals surface area contributed by atoms with Crippen molar-refractivity contribution in [3.8, 4) is 23.0 Å². The molecule has 0 aliphatic rings. The summed E-state index contributed by atoms with van der Waals surface area (Å²) < 4.78 is 78.5. The van der Waals surface area contributed by atoms with Crippen molar-refractivity contribution in [2.24, 2.45) is 0 Å². The number of ether oxygens (including phenoxy) is 2. The maximum atomic E-state index is 11.2. The summed E-state index contributed by atoms with van der Waals surface area (Å²) in [6.45, 7) is 4.51. The van der Waals surface area contributed by atoms with Crippen molar-refractivity contribution in [3.05, 3.63) is 108 Å². The summed E-state index contributed by atoms with van der Waals surface area (Å²) in [5, 5.41) is 0. The van der Waals surface area contributed by atoms with Crippen LogP contribution in [0.1, 0.15) is 166 Å². The van der Waals surface area contributed by atoms with E-state index in [2.05, 4.69) is 26.0 Å². The van der Waals surface area contributed by atoms with E-state index in [0.29, 0.717) is 23.0 Å². The van der Waals surface area contributed by atoms with E-state index in [4.69, 9.17) is 9.47 Å². The van der Waals surface area contributed by atoms with Crippen LogP contribution in [0.25, 0.3) is 0 Å². The largest absolute Gasteiger partial charge is 2.00 e. The Bertz CT molecular complexity index is 1840. The standard InChI is InChI=1S/2C25H36O4S.Ca/c2*1-2-3-4-5-6-7-8-9-10-11-12-15-22-16-13-17-23(20-22)29-24-18-14-19-25(21-24)30(26,27)28;/h2*13-14,16-21H,2-12,15H2,1H3,(H,26,27,28);/q;;+2/p-2. The van der Waals surface area contributed by atoms with Gasteiger partial charge in [-0.15, -0.1) is 0 Å². The molecule has 0 amide bonds. The zero-order valence-corrected chi connectivity index (χ0v) is 40.8. The van der Waals surface area contributed by atoms with Crippen molar-refractivity contribution in [3.63, 3.8) is 0 Å². The molecular formula is C50H70CaO8S2. The minimum Gasteiger partial charge on any atom is -0.744 e. The molecular weight excluding hydrogens is 833 g/mol. The number of hydrogen-bond donors (Lipinski definition) is 0. The third kappa shape index (κ3) is 25.4. The molecule has 11 heteroatoms. The fourth-order valence-electron chi connectivity index (χ4n) is 7.17. The predicted molar refractivity (Wildman–Crippen MR) is 248 cm³/mol. The van der Waals surface area contributed by atoms with E-state index >= 15 is 0 Å². The molecule has 61 heavy (non-hydrogen) atoms. The Balaban J connectivity index is 0.000000413. The molecule has 0 bridgehead atoms. The average molecular weight is 903 g/mol. The van der Waals surface area contributed by atoms with Gasteiger partial charge in [0.1, 0.15) is 43.2 Å². The van der Waals surface area contributed by atoms with Gasteiger partial charge in [-0.05, 0) is 97.5 Å². The predicted octanol–water partition coefficient (Wildman–Crippen LogP) is 14.1. The van der Waals surface area contributed by atoms with E-state index in [-0.39, 0.29) is 47.5 Å². The molecule has 0 aromatic heterocycles. The number of rotatable bonds is 30. The summed E-state index contributed by atoms with van der Waals surface area (Å²) in [5.41, 5.74) is 2.41. The molecule has 4 aromatic carbocycles. The number of hydrogen-bond acceptors (Lipinski definition) is 8. The van der Waals surface area contributed by atoms with Crippen molar-refractivity contribution < 1.29 is 35.4 Å². The van der Waals surface area contributed by atoms with Crippen LogP contribution in [-0.4, -0.2) is 63.7 Å². The van der Waals surface area contributed by atoms with Crippen LogP contribution >= 0.6 is 0 Å². The van der Waals surface area contributed by atoms with Gasteiger partial charge in [-0.25, -0.2) is 16.8 Å². The minimum atomic E-state index is -4.48. The topological polar surface area (TPSA) is 133 Å². The summed E-state index contributed by atoms with van der Waals surface area (Å²) in [5.74, 6) is 1.99. The second-order valence-corrected chi connectivity index (χ2v) is 18.7. The summed E-state index contributed by atoms with van der Waals surface area (Å²) >= 11 is 0. The van der Waals surface area contributed by atoms with E-state index in [1.165, 1.54) is 176 Å². The van der Waals surface area contributed by atoms with E-state index in [1.807, 2.05) is 36.4 Å². The Morgan fingerprint density at radius 3 is 0.934 bits per heavy atom. The summed E-state index contributed by atoms with van der Waals surface area (Å²) in [7, 11) is -8.97. The first-order valence-corrected chi connectivity index (χ1v) is 25.4. The van der Waals surface area contributed by atoms with Gasteiger partial charge >= 0.3 is 37.7 Å².